The van der Waals surface area contributed by atoms with Gasteiger partial charge in [-0.05, 0) is 32.9 Å². The average Bonchev–Trinajstić information content (AvgIpc) is 2.91. The second-order valence-electron chi connectivity index (χ2n) is 5.31. The van der Waals surface area contributed by atoms with Gasteiger partial charge in [0.25, 0.3) is 0 Å². The highest BCUT2D eigenvalue weighted by molar-refractivity contribution is 5.32. The van der Waals surface area contributed by atoms with Crippen LogP contribution in [0.5, 0.6) is 5.75 Å². The summed E-state index contributed by atoms with van der Waals surface area (Å²) in [5.74, 6) is 0.299. The quantitative estimate of drug-likeness (QED) is 0.866. The number of hydrogen-bond acceptors (Lipinski definition) is 3. The van der Waals surface area contributed by atoms with Crippen molar-refractivity contribution in [1.29, 1.82) is 0 Å². The van der Waals surface area contributed by atoms with E-state index in [1.54, 1.807) is 19.2 Å². The molecule has 1 aromatic rings. The van der Waals surface area contributed by atoms with Crippen LogP contribution in [0.3, 0.4) is 0 Å². The van der Waals surface area contributed by atoms with Crippen molar-refractivity contribution in [3.63, 3.8) is 0 Å². The molecule has 0 saturated heterocycles. The third-order valence-electron chi connectivity index (χ3n) is 4.22. The lowest BCUT2D eigenvalue weighted by Crippen LogP contribution is -2.43. The van der Waals surface area contributed by atoms with Crippen LogP contribution in [0.2, 0.25) is 0 Å². The predicted octanol–water partition coefficient (Wildman–Crippen LogP) is 3.44. The van der Waals surface area contributed by atoms with Gasteiger partial charge in [0.2, 0.25) is 0 Å². The van der Waals surface area contributed by atoms with Crippen LogP contribution in [0.15, 0.2) is 18.2 Å². The minimum absolute atomic E-state index is 0.129. The number of halogens is 1. The van der Waals surface area contributed by atoms with Crippen molar-refractivity contribution < 1.29 is 13.9 Å². The van der Waals surface area contributed by atoms with Crippen molar-refractivity contribution in [1.82, 2.24) is 5.32 Å². The van der Waals surface area contributed by atoms with Gasteiger partial charge in [-0.2, -0.15) is 0 Å². The molecule has 1 aliphatic carbocycles. The lowest BCUT2D eigenvalue weighted by atomic mass is 9.86. The summed E-state index contributed by atoms with van der Waals surface area (Å²) in [6.45, 7) is 2.65. The van der Waals surface area contributed by atoms with Crippen LogP contribution in [0.25, 0.3) is 0 Å². The highest BCUT2D eigenvalue weighted by Crippen LogP contribution is 2.43. The normalized spacial score (nSPS) is 19.0. The molecule has 112 valence electrons. The van der Waals surface area contributed by atoms with E-state index >= 15 is 0 Å². The van der Waals surface area contributed by atoms with E-state index in [2.05, 4.69) is 5.32 Å². The van der Waals surface area contributed by atoms with Gasteiger partial charge in [0.1, 0.15) is 11.6 Å². The zero-order valence-corrected chi connectivity index (χ0v) is 12.5. The molecule has 0 aromatic heterocycles. The molecule has 0 amide bonds. The Morgan fingerprint density at radius 2 is 2.05 bits per heavy atom. The van der Waals surface area contributed by atoms with Gasteiger partial charge in [-0.15, -0.1) is 0 Å². The zero-order chi connectivity index (χ0) is 14.6. The Kier molecular flexibility index (Phi) is 5.00. The van der Waals surface area contributed by atoms with Gasteiger partial charge in [-0.3, -0.25) is 0 Å². The molecule has 2 rings (SSSR count). The van der Waals surface area contributed by atoms with Crippen molar-refractivity contribution in [2.24, 2.45) is 0 Å². The van der Waals surface area contributed by atoms with E-state index in [0.29, 0.717) is 17.9 Å². The first-order valence-electron chi connectivity index (χ1n) is 7.31. The Morgan fingerprint density at radius 1 is 1.35 bits per heavy atom. The standard InChI is InChI=1S/C16H24FNO2/c1-4-20-16(9-5-6-10-16)15(18-2)13-8-7-12(19-3)11-14(13)17/h7-8,11,15,18H,4-6,9-10H2,1-3H3. The minimum atomic E-state index is -0.293. The maximum Gasteiger partial charge on any atom is 0.131 e. The summed E-state index contributed by atoms with van der Waals surface area (Å²) in [5.41, 5.74) is 0.363. The smallest absolute Gasteiger partial charge is 0.131 e. The zero-order valence-electron chi connectivity index (χ0n) is 12.5. The van der Waals surface area contributed by atoms with Crippen LogP contribution in [-0.4, -0.2) is 26.4 Å². The third kappa shape index (κ3) is 2.81. The topological polar surface area (TPSA) is 30.5 Å². The van der Waals surface area contributed by atoms with Gasteiger partial charge in [0, 0.05) is 18.2 Å². The average molecular weight is 281 g/mol. The predicted molar refractivity (Wildman–Crippen MR) is 77.6 cm³/mol. The molecule has 0 radical (unpaired) electrons. The Hall–Kier alpha value is -1.13. The highest BCUT2D eigenvalue weighted by Gasteiger charge is 2.43. The lowest BCUT2D eigenvalue weighted by Gasteiger charge is -2.37. The largest absolute Gasteiger partial charge is 0.497 e. The Labute approximate surface area is 120 Å². The van der Waals surface area contributed by atoms with E-state index in [9.17, 15) is 4.39 Å². The summed E-state index contributed by atoms with van der Waals surface area (Å²) in [6.07, 6.45) is 4.21. The second-order valence-corrected chi connectivity index (χ2v) is 5.31. The molecule has 1 fully saturated rings. The number of hydrogen-bond donors (Lipinski definition) is 1. The van der Waals surface area contributed by atoms with Crippen molar-refractivity contribution >= 4 is 0 Å². The van der Waals surface area contributed by atoms with E-state index in [4.69, 9.17) is 9.47 Å². The molecule has 0 aliphatic heterocycles. The Bertz CT molecular complexity index is 444. The summed E-state index contributed by atoms with van der Waals surface area (Å²) >= 11 is 0. The number of ether oxygens (including phenoxy) is 2. The molecule has 1 aliphatic rings. The molecule has 0 spiro atoms. The fraction of sp³-hybridized carbons (Fsp3) is 0.625. The van der Waals surface area contributed by atoms with E-state index < -0.39 is 0 Å². The molecule has 3 nitrogen and oxygen atoms in total. The molecular weight excluding hydrogens is 257 g/mol. The van der Waals surface area contributed by atoms with Gasteiger partial charge in [-0.25, -0.2) is 4.39 Å². The van der Waals surface area contributed by atoms with Crippen LogP contribution in [0.1, 0.15) is 44.2 Å². The molecule has 1 saturated carbocycles. The SMILES string of the molecule is CCOC1(C(NC)c2ccc(OC)cc2F)CCCC1. The number of methoxy groups -OCH3 is 1. The van der Waals surface area contributed by atoms with Gasteiger partial charge < -0.3 is 14.8 Å². The molecule has 1 aromatic carbocycles. The first-order chi connectivity index (χ1) is 9.66. The number of benzene rings is 1. The maximum absolute atomic E-state index is 14.4. The first kappa shape index (κ1) is 15.3. The molecule has 0 heterocycles. The molecule has 0 bridgehead atoms. The third-order valence-corrected chi connectivity index (χ3v) is 4.22. The number of likely N-dealkylation sites (N-methyl/N-ethyl adjacent to an activating group) is 1. The summed E-state index contributed by atoms with van der Waals surface area (Å²) in [6, 6.07) is 4.91. The van der Waals surface area contributed by atoms with E-state index in [1.807, 2.05) is 14.0 Å². The molecule has 1 unspecified atom stereocenters. The van der Waals surface area contributed by atoms with E-state index in [1.165, 1.54) is 6.07 Å². The molecule has 4 heteroatoms. The fourth-order valence-corrected chi connectivity index (χ4v) is 3.35. The van der Waals surface area contributed by atoms with Crippen LogP contribution in [-0.2, 0) is 4.74 Å². The first-order valence-corrected chi connectivity index (χ1v) is 7.31. The van der Waals surface area contributed by atoms with Crippen LogP contribution < -0.4 is 10.1 Å². The van der Waals surface area contributed by atoms with Crippen molar-refractivity contribution in [3.05, 3.63) is 29.6 Å². The molecule has 1 N–H and O–H groups in total. The summed E-state index contributed by atoms with van der Waals surface area (Å²) in [4.78, 5) is 0. The van der Waals surface area contributed by atoms with E-state index in [0.717, 1.165) is 25.7 Å². The van der Waals surface area contributed by atoms with Crippen LogP contribution in [0.4, 0.5) is 4.39 Å². The van der Waals surface area contributed by atoms with Gasteiger partial charge in [0.15, 0.2) is 0 Å². The summed E-state index contributed by atoms with van der Waals surface area (Å²) < 4.78 is 25.5. The highest BCUT2D eigenvalue weighted by atomic mass is 19.1. The molecule has 1 atom stereocenters. The summed E-state index contributed by atoms with van der Waals surface area (Å²) in [7, 11) is 3.41. The van der Waals surface area contributed by atoms with Crippen molar-refractivity contribution in [2.45, 2.75) is 44.2 Å². The van der Waals surface area contributed by atoms with Gasteiger partial charge in [-0.1, -0.05) is 18.9 Å². The summed E-state index contributed by atoms with van der Waals surface area (Å²) in [5, 5.41) is 3.26. The van der Waals surface area contributed by atoms with Crippen LogP contribution >= 0.6 is 0 Å². The van der Waals surface area contributed by atoms with Crippen molar-refractivity contribution in [2.75, 3.05) is 20.8 Å². The Morgan fingerprint density at radius 3 is 2.55 bits per heavy atom. The van der Waals surface area contributed by atoms with Gasteiger partial charge in [0.05, 0.1) is 18.8 Å². The van der Waals surface area contributed by atoms with Crippen LogP contribution in [0, 0.1) is 5.82 Å². The number of nitrogens with one attached hydrogen (secondary N) is 1. The molecular formula is C16H24FNO2. The fourth-order valence-electron chi connectivity index (χ4n) is 3.35. The maximum atomic E-state index is 14.4. The van der Waals surface area contributed by atoms with E-state index in [-0.39, 0.29) is 17.5 Å². The van der Waals surface area contributed by atoms with Gasteiger partial charge >= 0.3 is 0 Å². The second kappa shape index (κ2) is 6.55. The monoisotopic (exact) mass is 281 g/mol. The van der Waals surface area contributed by atoms with Crippen molar-refractivity contribution in [3.8, 4) is 5.75 Å². The number of rotatable bonds is 6. The Balaban J connectivity index is 2.35. The molecule has 20 heavy (non-hydrogen) atoms. The minimum Gasteiger partial charge on any atom is -0.497 e. The lowest BCUT2D eigenvalue weighted by molar-refractivity contribution is -0.0617.